The van der Waals surface area contributed by atoms with Gasteiger partial charge in [-0.15, -0.1) is 0 Å². The smallest absolute Gasteiger partial charge is 0.326 e. The summed E-state index contributed by atoms with van der Waals surface area (Å²) in [6, 6.07) is -4.32. The Morgan fingerprint density at radius 2 is 1.50 bits per heavy atom. The Balaban J connectivity index is 1.77. The SMILES string of the molecule is NC(=O)CC(NC(=O)C(Cc1cnc[nH]1)NC(=O)C(Cc1cnc[nH]1)NC(=O)C1CCCN1)C(=O)O. The summed E-state index contributed by atoms with van der Waals surface area (Å²) in [6.07, 6.45) is 6.62. The fraction of sp³-hybridized carbons (Fsp3) is 0.476. The number of H-pyrrole nitrogens is 2. The molecule has 4 amide bonds. The molecule has 4 atom stereocenters. The Kier molecular flexibility index (Phi) is 9.10. The fourth-order valence-corrected chi connectivity index (χ4v) is 3.78. The van der Waals surface area contributed by atoms with Gasteiger partial charge in [0, 0.05) is 36.6 Å². The summed E-state index contributed by atoms with van der Waals surface area (Å²) >= 11 is 0. The van der Waals surface area contributed by atoms with E-state index in [4.69, 9.17) is 5.73 Å². The van der Waals surface area contributed by atoms with Crippen LogP contribution >= 0.6 is 0 Å². The number of carboxylic acids is 1. The van der Waals surface area contributed by atoms with Gasteiger partial charge in [-0.3, -0.25) is 19.2 Å². The summed E-state index contributed by atoms with van der Waals surface area (Å²) in [5, 5.41) is 19.9. The Bertz CT molecular complexity index is 1050. The van der Waals surface area contributed by atoms with Crippen molar-refractivity contribution in [1.82, 2.24) is 41.2 Å². The van der Waals surface area contributed by atoms with Gasteiger partial charge in [0.1, 0.15) is 18.1 Å². The molecule has 1 saturated heterocycles. The van der Waals surface area contributed by atoms with E-state index in [0.29, 0.717) is 24.4 Å². The lowest BCUT2D eigenvalue weighted by atomic mass is 10.1. The zero-order valence-corrected chi connectivity index (χ0v) is 19.3. The number of nitrogens with zero attached hydrogens (tertiary/aromatic N) is 2. The van der Waals surface area contributed by atoms with Crippen LogP contribution in [0, 0.1) is 0 Å². The van der Waals surface area contributed by atoms with Crippen LogP contribution in [0.4, 0.5) is 0 Å². The van der Waals surface area contributed by atoms with Gasteiger partial charge in [-0.1, -0.05) is 0 Å². The minimum atomic E-state index is -1.58. The van der Waals surface area contributed by atoms with Crippen molar-refractivity contribution in [2.24, 2.45) is 5.73 Å². The van der Waals surface area contributed by atoms with Crippen LogP contribution < -0.4 is 27.0 Å². The number of imidazole rings is 2. The number of hydrogen-bond acceptors (Lipinski definition) is 8. The summed E-state index contributed by atoms with van der Waals surface area (Å²) in [6.45, 7) is 0.692. The largest absolute Gasteiger partial charge is 0.480 e. The molecule has 2 aromatic heterocycles. The zero-order valence-electron chi connectivity index (χ0n) is 19.3. The third kappa shape index (κ3) is 7.63. The van der Waals surface area contributed by atoms with Crippen molar-refractivity contribution in [2.45, 2.75) is 56.3 Å². The van der Waals surface area contributed by atoms with Crippen molar-refractivity contribution < 1.29 is 29.1 Å². The van der Waals surface area contributed by atoms with Gasteiger partial charge in [0.25, 0.3) is 0 Å². The number of aliphatic carboxylic acids is 1. The van der Waals surface area contributed by atoms with Crippen molar-refractivity contribution in [1.29, 1.82) is 0 Å². The molecule has 0 aliphatic carbocycles. The molecular formula is C21H29N9O6. The number of rotatable bonds is 13. The summed E-state index contributed by atoms with van der Waals surface area (Å²) < 4.78 is 0. The molecule has 4 unspecified atom stereocenters. The molecule has 9 N–H and O–H groups in total. The average molecular weight is 504 g/mol. The summed E-state index contributed by atoms with van der Waals surface area (Å²) in [5.41, 5.74) is 6.15. The molecule has 3 heterocycles. The van der Waals surface area contributed by atoms with Gasteiger partial charge >= 0.3 is 5.97 Å². The Labute approximate surface area is 205 Å². The Hall–Kier alpha value is -4.27. The molecule has 0 aromatic carbocycles. The van der Waals surface area contributed by atoms with Gasteiger partial charge in [0.05, 0.1) is 25.1 Å². The first-order chi connectivity index (χ1) is 17.2. The van der Waals surface area contributed by atoms with Gasteiger partial charge in [0.2, 0.25) is 23.6 Å². The molecule has 0 radical (unpaired) electrons. The molecule has 3 rings (SSSR count). The van der Waals surface area contributed by atoms with Crippen molar-refractivity contribution in [2.75, 3.05) is 6.54 Å². The quantitative estimate of drug-likeness (QED) is 0.139. The van der Waals surface area contributed by atoms with E-state index in [9.17, 15) is 29.1 Å². The van der Waals surface area contributed by atoms with Crippen LogP contribution in [0.25, 0.3) is 0 Å². The molecule has 0 saturated carbocycles. The molecule has 1 aliphatic heterocycles. The minimum absolute atomic E-state index is 0.0601. The number of amides is 4. The second kappa shape index (κ2) is 12.4. The van der Waals surface area contributed by atoms with E-state index in [-0.39, 0.29) is 18.7 Å². The van der Waals surface area contributed by atoms with Gasteiger partial charge in [0.15, 0.2) is 0 Å². The minimum Gasteiger partial charge on any atom is -0.480 e. The van der Waals surface area contributed by atoms with E-state index in [1.807, 2.05) is 0 Å². The Morgan fingerprint density at radius 1 is 0.944 bits per heavy atom. The van der Waals surface area contributed by atoms with E-state index in [2.05, 4.69) is 41.2 Å². The third-order valence-corrected chi connectivity index (χ3v) is 5.62. The number of nitrogens with two attached hydrogens (primary N) is 1. The number of hydrogen-bond donors (Lipinski definition) is 8. The number of nitrogens with one attached hydrogen (secondary N) is 6. The van der Waals surface area contributed by atoms with E-state index >= 15 is 0 Å². The lowest BCUT2D eigenvalue weighted by Crippen LogP contribution is -2.58. The highest BCUT2D eigenvalue weighted by molar-refractivity contribution is 5.95. The van der Waals surface area contributed by atoms with Crippen molar-refractivity contribution in [3.63, 3.8) is 0 Å². The average Bonchev–Trinajstić information content (AvgIpc) is 3.61. The van der Waals surface area contributed by atoms with Crippen LogP contribution in [-0.4, -0.2) is 85.4 Å². The molecule has 1 fully saturated rings. The Morgan fingerprint density at radius 3 is 1.94 bits per heavy atom. The van der Waals surface area contributed by atoms with Crippen LogP contribution in [0.15, 0.2) is 25.0 Å². The second-order valence-electron chi connectivity index (χ2n) is 8.40. The molecule has 15 heteroatoms. The molecule has 2 aromatic rings. The highest BCUT2D eigenvalue weighted by Crippen LogP contribution is 2.08. The maximum atomic E-state index is 13.3. The van der Waals surface area contributed by atoms with Gasteiger partial charge in [-0.25, -0.2) is 14.8 Å². The molecule has 0 spiro atoms. The summed E-state index contributed by atoms with van der Waals surface area (Å²) in [4.78, 5) is 75.2. The fourth-order valence-electron chi connectivity index (χ4n) is 3.78. The summed E-state index contributed by atoms with van der Waals surface area (Å²) in [7, 11) is 0. The van der Waals surface area contributed by atoms with Crippen LogP contribution in [0.2, 0.25) is 0 Å². The van der Waals surface area contributed by atoms with Gasteiger partial charge in [-0.05, 0) is 19.4 Å². The van der Waals surface area contributed by atoms with Crippen molar-refractivity contribution >= 4 is 29.6 Å². The van der Waals surface area contributed by atoms with E-state index in [1.165, 1.54) is 25.0 Å². The molecular weight excluding hydrogens is 474 g/mol. The molecule has 36 heavy (non-hydrogen) atoms. The normalized spacial score (nSPS) is 17.5. The van der Waals surface area contributed by atoms with Gasteiger partial charge < -0.3 is 42.1 Å². The third-order valence-electron chi connectivity index (χ3n) is 5.62. The molecule has 194 valence electrons. The maximum absolute atomic E-state index is 13.3. The van der Waals surface area contributed by atoms with Crippen molar-refractivity contribution in [3.8, 4) is 0 Å². The highest BCUT2D eigenvalue weighted by Gasteiger charge is 2.32. The highest BCUT2D eigenvalue weighted by atomic mass is 16.4. The lowest BCUT2D eigenvalue weighted by molar-refractivity contribution is -0.143. The number of aromatic nitrogens is 4. The molecule has 0 bridgehead atoms. The molecule has 1 aliphatic rings. The number of carbonyl (C=O) groups is 5. The van der Waals surface area contributed by atoms with Crippen LogP contribution in [0.5, 0.6) is 0 Å². The van der Waals surface area contributed by atoms with Gasteiger partial charge in [-0.2, -0.15) is 0 Å². The lowest BCUT2D eigenvalue weighted by Gasteiger charge is -2.24. The predicted octanol–water partition coefficient (Wildman–Crippen LogP) is -2.92. The van der Waals surface area contributed by atoms with E-state index < -0.39 is 54.3 Å². The monoisotopic (exact) mass is 503 g/mol. The zero-order chi connectivity index (χ0) is 26.1. The van der Waals surface area contributed by atoms with Crippen LogP contribution in [-0.2, 0) is 36.8 Å². The maximum Gasteiger partial charge on any atom is 0.326 e. The standard InChI is InChI=1S/C21H29N9O6/c22-17(31)6-16(21(35)36)30-20(34)15(5-12-8-24-10-27-12)29-19(33)14(4-11-7-23-9-26-11)28-18(32)13-2-1-3-25-13/h7-10,13-16,25H,1-6H2,(H2,22,31)(H,23,26)(H,24,27)(H,28,32)(H,29,33)(H,30,34)(H,35,36). The molecule has 15 nitrogen and oxygen atoms in total. The van der Waals surface area contributed by atoms with E-state index in [0.717, 1.165) is 6.42 Å². The summed E-state index contributed by atoms with van der Waals surface area (Å²) in [5.74, 6) is -4.25. The first kappa shape index (κ1) is 26.3. The predicted molar refractivity (Wildman–Crippen MR) is 123 cm³/mol. The second-order valence-corrected chi connectivity index (χ2v) is 8.40. The number of primary amides is 1. The first-order valence-electron chi connectivity index (χ1n) is 11.3. The van der Waals surface area contributed by atoms with Crippen LogP contribution in [0.1, 0.15) is 30.7 Å². The first-order valence-corrected chi connectivity index (χ1v) is 11.3. The number of carboxylic acid groups (broad SMARTS) is 1. The van der Waals surface area contributed by atoms with Crippen molar-refractivity contribution in [3.05, 3.63) is 36.4 Å². The van der Waals surface area contributed by atoms with Crippen LogP contribution in [0.3, 0.4) is 0 Å². The van der Waals surface area contributed by atoms with E-state index in [1.54, 1.807) is 0 Å². The number of aromatic amines is 2. The topological polar surface area (TPSA) is 237 Å². The number of carbonyl (C=O) groups excluding carboxylic acids is 4.